The predicted molar refractivity (Wildman–Crippen MR) is 273 cm³/mol. The summed E-state index contributed by atoms with van der Waals surface area (Å²) in [5, 5.41) is 0.981. The second kappa shape index (κ2) is 17.0. The molecule has 0 amide bonds. The molecule has 1 aromatic heterocycles. The van der Waals surface area contributed by atoms with Gasteiger partial charge in [0.15, 0.2) is 5.82 Å². The highest BCUT2D eigenvalue weighted by Gasteiger charge is 2.49. The molecule has 0 unspecified atom stereocenters. The third-order valence-corrected chi connectivity index (χ3v) is 15.0. The molecule has 4 heteroatoms. The minimum Gasteiger partial charge on any atom is -0.236 e. The zero-order valence-electron chi connectivity index (χ0n) is 36.2. The summed E-state index contributed by atoms with van der Waals surface area (Å²) in [6, 6.07) is 68.3. The van der Waals surface area contributed by atoms with Gasteiger partial charge in [-0.05, 0) is 122 Å². The van der Waals surface area contributed by atoms with Gasteiger partial charge in [-0.25, -0.2) is 9.97 Å². The lowest BCUT2D eigenvalue weighted by molar-refractivity contribution is 0.651. The van der Waals surface area contributed by atoms with Crippen LogP contribution in [0.25, 0.3) is 61.5 Å². The van der Waals surface area contributed by atoms with Crippen molar-refractivity contribution in [1.82, 2.24) is 9.97 Å². The average molecular weight is 869 g/mol. The molecule has 0 saturated heterocycles. The van der Waals surface area contributed by atoms with Gasteiger partial charge < -0.3 is 0 Å². The highest BCUT2D eigenvalue weighted by molar-refractivity contribution is 7.99. The summed E-state index contributed by atoms with van der Waals surface area (Å²) in [6.07, 6.45) is 10.2. The summed E-state index contributed by atoms with van der Waals surface area (Å²) >= 11 is 3.60. The van der Waals surface area contributed by atoms with Crippen LogP contribution in [0.15, 0.2) is 245 Å². The molecule has 9 aromatic rings. The number of fused-ring (bicyclic) bond motifs is 8. The Morgan fingerprint density at radius 2 is 1.02 bits per heavy atom. The minimum absolute atomic E-state index is 0.563. The molecule has 0 fully saturated rings. The van der Waals surface area contributed by atoms with Crippen LogP contribution < -0.4 is 0 Å². The summed E-state index contributed by atoms with van der Waals surface area (Å²) in [5.41, 5.74) is 18.1. The Labute approximate surface area is 390 Å². The van der Waals surface area contributed by atoms with Crippen LogP contribution in [0, 0.1) is 6.92 Å². The van der Waals surface area contributed by atoms with Crippen LogP contribution >= 0.6 is 23.5 Å². The van der Waals surface area contributed by atoms with E-state index < -0.39 is 5.41 Å². The molecular weight excluding hydrogens is 825 g/mol. The molecule has 8 aromatic carbocycles. The molecule has 0 aliphatic carbocycles. The van der Waals surface area contributed by atoms with Crippen molar-refractivity contribution in [3.63, 3.8) is 0 Å². The highest BCUT2D eigenvalue weighted by Crippen LogP contribution is 2.61. The van der Waals surface area contributed by atoms with Crippen LogP contribution in [-0.2, 0) is 5.41 Å². The van der Waals surface area contributed by atoms with Crippen molar-refractivity contribution in [2.45, 2.75) is 39.0 Å². The van der Waals surface area contributed by atoms with Crippen molar-refractivity contribution in [3.8, 4) is 55.9 Å². The van der Waals surface area contributed by atoms with Crippen LogP contribution in [0.3, 0.4) is 0 Å². The molecule has 0 saturated carbocycles. The maximum absolute atomic E-state index is 5.58. The monoisotopic (exact) mass is 868 g/mol. The third-order valence-electron chi connectivity index (χ3n) is 12.8. The predicted octanol–water partition coefficient (Wildman–Crippen LogP) is 16.6. The lowest BCUT2D eigenvalue weighted by Crippen LogP contribution is -2.37. The highest BCUT2D eigenvalue weighted by atomic mass is 32.2. The van der Waals surface area contributed by atoms with Crippen molar-refractivity contribution >= 4 is 29.1 Å². The summed E-state index contributed by atoms with van der Waals surface area (Å²) < 4.78 is 0. The summed E-state index contributed by atoms with van der Waals surface area (Å²) in [5.74, 6) is 0.716. The SMILES string of the molecule is C=C/C=C\C=C(/C)c1c(-c2ccccc2)c(-c2ccccc2)cc(-c2ccc(C)c(-c3ncc4c(n3)Sc3ccccc3C43c4ccccc4Sc4ccccc43)c2)c1-c1ccccc1. The maximum atomic E-state index is 5.58. The van der Waals surface area contributed by atoms with Gasteiger partial charge in [0, 0.05) is 32.0 Å². The Morgan fingerprint density at radius 3 is 1.58 bits per heavy atom. The van der Waals surface area contributed by atoms with Gasteiger partial charge in [-0.2, -0.15) is 0 Å². The van der Waals surface area contributed by atoms with Crippen LogP contribution in [0.5, 0.6) is 0 Å². The summed E-state index contributed by atoms with van der Waals surface area (Å²) in [7, 11) is 0. The van der Waals surface area contributed by atoms with Gasteiger partial charge in [0.05, 0.1) is 5.41 Å². The van der Waals surface area contributed by atoms with Crippen molar-refractivity contribution in [3.05, 3.63) is 259 Å². The van der Waals surface area contributed by atoms with E-state index in [1.54, 1.807) is 11.8 Å². The van der Waals surface area contributed by atoms with Gasteiger partial charge in [0.2, 0.25) is 0 Å². The van der Waals surface area contributed by atoms with E-state index in [-0.39, 0.29) is 0 Å². The molecule has 2 nitrogen and oxygen atoms in total. The average Bonchev–Trinajstić information content (AvgIpc) is 3.36. The number of rotatable bonds is 8. The first-order valence-electron chi connectivity index (χ1n) is 22.0. The molecular formula is C61H44N2S2. The molecule has 0 radical (unpaired) electrons. The zero-order valence-corrected chi connectivity index (χ0v) is 37.8. The molecule has 0 atom stereocenters. The lowest BCUT2D eigenvalue weighted by Gasteiger charge is -2.44. The molecule has 2 aliphatic rings. The number of aromatic nitrogens is 2. The number of benzene rings is 8. The van der Waals surface area contributed by atoms with Gasteiger partial charge in [-0.15, -0.1) is 0 Å². The molecule has 2 aliphatic heterocycles. The minimum atomic E-state index is -0.563. The van der Waals surface area contributed by atoms with Gasteiger partial charge in [-0.1, -0.05) is 212 Å². The van der Waals surface area contributed by atoms with E-state index in [4.69, 9.17) is 9.97 Å². The quantitative estimate of drug-likeness (QED) is 0.112. The molecule has 65 heavy (non-hydrogen) atoms. The van der Waals surface area contributed by atoms with Gasteiger partial charge >= 0.3 is 0 Å². The van der Waals surface area contributed by atoms with E-state index in [1.807, 2.05) is 23.9 Å². The Balaban J connectivity index is 1.16. The standard InChI is InChI=1S/C61H44N2S2/c1-4-5-9-22-41(3)56-57(43-25-12-7-13-26-43)47(42-23-10-6-11-24-42)38-48(58(56)44-27-14-8-15-28-44)45-36-35-40(2)46(37-45)59-62-39-52-60(63-59)65-55-34-21-18-31-51(55)61(52)49-29-16-19-32-53(49)64-54-33-20-17-30-50(54)61/h4-39H,1H2,2-3H3/b9-5-,41-22+. The number of allylic oxidation sites excluding steroid dienone is 5. The van der Waals surface area contributed by atoms with Gasteiger partial charge in [0.1, 0.15) is 5.03 Å². The first kappa shape index (κ1) is 40.5. The zero-order chi connectivity index (χ0) is 43.9. The third kappa shape index (κ3) is 6.93. The van der Waals surface area contributed by atoms with Gasteiger partial charge in [0.25, 0.3) is 0 Å². The Hall–Kier alpha value is -7.24. The molecule has 11 rings (SSSR count). The topological polar surface area (TPSA) is 25.8 Å². The Bertz CT molecular complexity index is 3290. The molecule has 310 valence electrons. The van der Waals surface area contributed by atoms with E-state index in [0.29, 0.717) is 5.82 Å². The summed E-state index contributed by atoms with van der Waals surface area (Å²) in [6.45, 7) is 8.36. The lowest BCUT2D eigenvalue weighted by atomic mass is 9.65. The smallest absolute Gasteiger partial charge is 0.160 e. The van der Waals surface area contributed by atoms with Crippen LogP contribution in [0.2, 0.25) is 0 Å². The number of aryl methyl sites for hydroxylation is 1. The fourth-order valence-electron chi connectivity index (χ4n) is 9.87. The largest absolute Gasteiger partial charge is 0.236 e. The van der Waals surface area contributed by atoms with Crippen molar-refractivity contribution in [2.24, 2.45) is 0 Å². The van der Waals surface area contributed by atoms with Crippen LogP contribution in [0.4, 0.5) is 0 Å². The first-order chi connectivity index (χ1) is 32.0. The van der Waals surface area contributed by atoms with E-state index in [0.717, 1.165) is 55.1 Å². The van der Waals surface area contributed by atoms with E-state index in [2.05, 4.69) is 227 Å². The number of hydrogen-bond acceptors (Lipinski definition) is 4. The normalized spacial score (nSPS) is 13.5. The van der Waals surface area contributed by atoms with Crippen molar-refractivity contribution in [1.29, 1.82) is 0 Å². The second-order valence-corrected chi connectivity index (χ2v) is 18.7. The Kier molecular flexibility index (Phi) is 10.6. The molecule has 0 bridgehead atoms. The maximum Gasteiger partial charge on any atom is 0.160 e. The fourth-order valence-corrected chi connectivity index (χ4v) is 12.2. The van der Waals surface area contributed by atoms with E-state index in [9.17, 15) is 0 Å². The van der Waals surface area contributed by atoms with E-state index >= 15 is 0 Å². The molecule has 3 heterocycles. The van der Waals surface area contributed by atoms with Crippen LogP contribution in [0.1, 0.15) is 40.3 Å². The fraction of sp³-hybridized carbons (Fsp3) is 0.0492. The van der Waals surface area contributed by atoms with Crippen molar-refractivity contribution in [2.75, 3.05) is 0 Å². The van der Waals surface area contributed by atoms with Gasteiger partial charge in [-0.3, -0.25) is 0 Å². The van der Waals surface area contributed by atoms with E-state index in [1.165, 1.54) is 53.6 Å². The molecule has 0 N–H and O–H groups in total. The second-order valence-electron chi connectivity index (χ2n) is 16.5. The summed E-state index contributed by atoms with van der Waals surface area (Å²) in [4.78, 5) is 14.7. The van der Waals surface area contributed by atoms with Crippen molar-refractivity contribution < 1.29 is 0 Å². The number of hydrogen-bond donors (Lipinski definition) is 0. The Morgan fingerprint density at radius 1 is 0.508 bits per heavy atom. The number of nitrogens with zero attached hydrogens (tertiary/aromatic N) is 2. The van der Waals surface area contributed by atoms with Crippen LogP contribution in [-0.4, -0.2) is 9.97 Å². The molecule has 1 spiro atoms. The first-order valence-corrected chi connectivity index (χ1v) is 23.6.